The maximum atomic E-state index is 11.5. The Morgan fingerprint density at radius 1 is 1.32 bits per heavy atom. The van der Waals surface area contributed by atoms with Crippen LogP contribution in [0.5, 0.6) is 0 Å². The average Bonchev–Trinajstić information content (AvgIpc) is 2.22. The van der Waals surface area contributed by atoms with Crippen molar-refractivity contribution in [3.05, 3.63) is 0 Å². The Morgan fingerprint density at radius 2 is 1.95 bits per heavy atom. The summed E-state index contributed by atoms with van der Waals surface area (Å²) in [6, 6.07) is 0.623. The van der Waals surface area contributed by atoms with Crippen LogP contribution < -0.4 is 10.6 Å². The number of alkyl carbamates (subject to hydrolysis) is 1. The minimum absolute atomic E-state index is 0.198. The van der Waals surface area contributed by atoms with Crippen molar-refractivity contribution in [3.8, 4) is 0 Å². The molecule has 0 aromatic heterocycles. The van der Waals surface area contributed by atoms with Gasteiger partial charge in [-0.15, -0.1) is 0 Å². The van der Waals surface area contributed by atoms with Gasteiger partial charge in [0.2, 0.25) is 0 Å². The van der Waals surface area contributed by atoms with Crippen LogP contribution in [0.4, 0.5) is 4.79 Å². The fourth-order valence-corrected chi connectivity index (χ4v) is 2.53. The summed E-state index contributed by atoms with van der Waals surface area (Å²) >= 11 is 0. The Labute approximate surface area is 118 Å². The SMILES string of the molecule is CCS(=O)CCNC1CC(NC(=O)OC(C)(C)C)C1. The van der Waals surface area contributed by atoms with E-state index < -0.39 is 16.4 Å². The number of carbonyl (C=O) groups is 1. The summed E-state index contributed by atoms with van der Waals surface area (Å²) in [5, 5.41) is 6.20. The topological polar surface area (TPSA) is 67.4 Å². The molecule has 5 nitrogen and oxygen atoms in total. The molecule has 0 spiro atoms. The lowest BCUT2D eigenvalue weighted by atomic mass is 9.87. The molecular weight excluding hydrogens is 264 g/mol. The van der Waals surface area contributed by atoms with Gasteiger partial charge < -0.3 is 15.4 Å². The van der Waals surface area contributed by atoms with Gasteiger partial charge in [0.25, 0.3) is 0 Å². The van der Waals surface area contributed by atoms with Gasteiger partial charge in [-0.05, 0) is 33.6 Å². The van der Waals surface area contributed by atoms with Crippen molar-refractivity contribution < 1.29 is 13.7 Å². The first-order chi connectivity index (χ1) is 8.80. The van der Waals surface area contributed by atoms with E-state index in [1.54, 1.807) is 0 Å². The van der Waals surface area contributed by atoms with Crippen LogP contribution in [0.25, 0.3) is 0 Å². The molecule has 1 amide bonds. The van der Waals surface area contributed by atoms with E-state index in [-0.39, 0.29) is 12.1 Å². The highest BCUT2D eigenvalue weighted by Gasteiger charge is 2.31. The van der Waals surface area contributed by atoms with Crippen LogP contribution in [-0.4, -0.2) is 46.0 Å². The molecule has 1 fully saturated rings. The predicted octanol–water partition coefficient (Wildman–Crippen LogP) is 1.40. The van der Waals surface area contributed by atoms with Crippen molar-refractivity contribution in [3.63, 3.8) is 0 Å². The maximum Gasteiger partial charge on any atom is 0.407 e. The molecule has 0 radical (unpaired) electrons. The van der Waals surface area contributed by atoms with Crippen molar-refractivity contribution in [1.29, 1.82) is 0 Å². The summed E-state index contributed by atoms with van der Waals surface area (Å²) in [6.07, 6.45) is 1.48. The number of hydrogen-bond donors (Lipinski definition) is 2. The summed E-state index contributed by atoms with van der Waals surface area (Å²) in [5.74, 6) is 1.42. The van der Waals surface area contributed by atoms with E-state index in [1.807, 2.05) is 27.7 Å². The highest BCUT2D eigenvalue weighted by molar-refractivity contribution is 7.84. The number of nitrogens with one attached hydrogen (secondary N) is 2. The zero-order valence-electron chi connectivity index (χ0n) is 12.3. The highest BCUT2D eigenvalue weighted by Crippen LogP contribution is 2.20. The number of amides is 1. The monoisotopic (exact) mass is 290 g/mol. The molecule has 1 aliphatic rings. The zero-order chi connectivity index (χ0) is 14.5. The van der Waals surface area contributed by atoms with E-state index in [9.17, 15) is 9.00 Å². The number of carbonyl (C=O) groups excluding carboxylic acids is 1. The lowest BCUT2D eigenvalue weighted by molar-refractivity contribution is 0.0466. The minimum atomic E-state index is -0.703. The molecule has 6 heteroatoms. The third-order valence-corrected chi connectivity index (χ3v) is 4.25. The molecule has 0 saturated heterocycles. The van der Waals surface area contributed by atoms with Crippen LogP contribution in [0.2, 0.25) is 0 Å². The molecule has 2 N–H and O–H groups in total. The van der Waals surface area contributed by atoms with Crippen molar-refractivity contribution in [1.82, 2.24) is 10.6 Å². The molecule has 1 rings (SSSR count). The van der Waals surface area contributed by atoms with E-state index >= 15 is 0 Å². The van der Waals surface area contributed by atoms with Gasteiger partial charge in [0.15, 0.2) is 0 Å². The Kier molecular flexibility index (Phi) is 6.26. The minimum Gasteiger partial charge on any atom is -0.444 e. The van der Waals surface area contributed by atoms with Crippen LogP contribution in [0.3, 0.4) is 0 Å². The lowest BCUT2D eigenvalue weighted by Crippen LogP contribution is -2.53. The fourth-order valence-electron chi connectivity index (χ4n) is 1.90. The second-order valence-corrected chi connectivity index (χ2v) is 7.76. The van der Waals surface area contributed by atoms with Gasteiger partial charge in [0, 0.05) is 40.9 Å². The van der Waals surface area contributed by atoms with Gasteiger partial charge in [-0.25, -0.2) is 4.79 Å². The molecule has 0 bridgehead atoms. The standard InChI is InChI=1S/C13H26N2O3S/c1-5-19(17)7-6-14-10-8-11(9-10)15-12(16)18-13(2,3)4/h10-11,14H,5-9H2,1-4H3,(H,15,16). The molecular formula is C13H26N2O3S. The van der Waals surface area contributed by atoms with Gasteiger partial charge >= 0.3 is 6.09 Å². The molecule has 1 aliphatic carbocycles. The molecule has 1 saturated carbocycles. The largest absolute Gasteiger partial charge is 0.444 e. The number of rotatable bonds is 6. The maximum absolute atomic E-state index is 11.5. The van der Waals surface area contributed by atoms with E-state index in [0.29, 0.717) is 11.8 Å². The first-order valence-electron chi connectivity index (χ1n) is 6.88. The van der Waals surface area contributed by atoms with E-state index in [0.717, 1.165) is 25.1 Å². The molecule has 1 atom stereocenters. The second kappa shape index (κ2) is 7.24. The van der Waals surface area contributed by atoms with E-state index in [4.69, 9.17) is 4.74 Å². The lowest BCUT2D eigenvalue weighted by Gasteiger charge is -2.36. The first kappa shape index (κ1) is 16.4. The highest BCUT2D eigenvalue weighted by atomic mass is 32.2. The Morgan fingerprint density at radius 3 is 2.47 bits per heavy atom. The molecule has 0 heterocycles. The third kappa shape index (κ3) is 6.92. The van der Waals surface area contributed by atoms with Gasteiger partial charge in [-0.3, -0.25) is 4.21 Å². The summed E-state index contributed by atoms with van der Waals surface area (Å²) in [7, 11) is -0.703. The van der Waals surface area contributed by atoms with Crippen LogP contribution in [0, 0.1) is 0 Å². The van der Waals surface area contributed by atoms with Crippen molar-refractivity contribution in [2.24, 2.45) is 0 Å². The van der Waals surface area contributed by atoms with E-state index in [1.165, 1.54) is 0 Å². The molecule has 0 aromatic carbocycles. The molecule has 0 aliphatic heterocycles. The Balaban J connectivity index is 2.07. The van der Waals surface area contributed by atoms with Crippen LogP contribution >= 0.6 is 0 Å². The van der Waals surface area contributed by atoms with Crippen LogP contribution in [0.1, 0.15) is 40.5 Å². The van der Waals surface area contributed by atoms with E-state index in [2.05, 4.69) is 10.6 Å². The zero-order valence-corrected chi connectivity index (χ0v) is 13.1. The molecule has 0 aromatic rings. The number of ether oxygens (including phenoxy) is 1. The van der Waals surface area contributed by atoms with Crippen molar-refractivity contribution >= 4 is 16.9 Å². The number of hydrogen-bond acceptors (Lipinski definition) is 4. The quantitative estimate of drug-likeness (QED) is 0.776. The van der Waals surface area contributed by atoms with Gasteiger partial charge in [-0.2, -0.15) is 0 Å². The average molecular weight is 290 g/mol. The van der Waals surface area contributed by atoms with Crippen LogP contribution in [-0.2, 0) is 15.5 Å². The molecule has 19 heavy (non-hydrogen) atoms. The van der Waals surface area contributed by atoms with Crippen molar-refractivity contribution in [2.45, 2.75) is 58.2 Å². The Bertz CT molecular complexity index is 322. The van der Waals surface area contributed by atoms with Gasteiger partial charge in [0.1, 0.15) is 5.60 Å². The van der Waals surface area contributed by atoms with Crippen molar-refractivity contribution in [2.75, 3.05) is 18.1 Å². The van der Waals surface area contributed by atoms with Crippen LogP contribution in [0.15, 0.2) is 0 Å². The van der Waals surface area contributed by atoms with Gasteiger partial charge in [0.05, 0.1) is 0 Å². The summed E-state index contributed by atoms with van der Waals surface area (Å²) in [5.41, 5.74) is -0.449. The predicted molar refractivity (Wildman–Crippen MR) is 77.7 cm³/mol. The normalized spacial score (nSPS) is 24.4. The summed E-state index contributed by atoms with van der Waals surface area (Å²) in [6.45, 7) is 8.27. The summed E-state index contributed by atoms with van der Waals surface area (Å²) in [4.78, 5) is 11.5. The van der Waals surface area contributed by atoms with Gasteiger partial charge in [-0.1, -0.05) is 6.92 Å². The Hall–Kier alpha value is -0.620. The fraction of sp³-hybridized carbons (Fsp3) is 0.923. The first-order valence-corrected chi connectivity index (χ1v) is 8.37. The molecule has 1 unspecified atom stereocenters. The second-order valence-electron chi connectivity index (χ2n) is 5.90. The summed E-state index contributed by atoms with van der Waals surface area (Å²) < 4.78 is 16.4. The smallest absolute Gasteiger partial charge is 0.407 e. The molecule has 112 valence electrons. The third-order valence-electron chi connectivity index (χ3n) is 2.94.